The fourth-order valence-electron chi connectivity index (χ4n) is 2.47. The van der Waals surface area contributed by atoms with Crippen LogP contribution in [0.4, 0.5) is 19.0 Å². The molecule has 0 saturated carbocycles. The molecule has 21 heavy (non-hydrogen) atoms. The predicted octanol–water partition coefficient (Wildman–Crippen LogP) is 3.12. The monoisotopic (exact) mass is 302 g/mol. The molecule has 1 aromatic heterocycles. The van der Waals surface area contributed by atoms with Gasteiger partial charge in [-0.2, -0.15) is 13.2 Å². The van der Waals surface area contributed by atoms with Crippen molar-refractivity contribution < 1.29 is 23.1 Å². The van der Waals surface area contributed by atoms with Gasteiger partial charge in [0.2, 0.25) is 0 Å². The SMILES string of the molecule is CCc1cc(C(=O)O)cc(N2CCC(C(F)(F)F)CC2)n1. The summed E-state index contributed by atoms with van der Waals surface area (Å²) in [6.07, 6.45) is -3.54. The molecule has 116 valence electrons. The first kappa shape index (κ1) is 15.6. The van der Waals surface area contributed by atoms with E-state index in [4.69, 9.17) is 5.11 Å². The van der Waals surface area contributed by atoms with Gasteiger partial charge in [-0.1, -0.05) is 6.92 Å². The van der Waals surface area contributed by atoms with Gasteiger partial charge in [0, 0.05) is 18.8 Å². The molecule has 0 unspecified atom stereocenters. The molecular formula is C14H17F3N2O2. The van der Waals surface area contributed by atoms with Crippen LogP contribution >= 0.6 is 0 Å². The van der Waals surface area contributed by atoms with E-state index in [0.717, 1.165) is 0 Å². The number of rotatable bonds is 3. The van der Waals surface area contributed by atoms with Gasteiger partial charge >= 0.3 is 12.1 Å². The number of carbonyl (C=O) groups is 1. The lowest BCUT2D eigenvalue weighted by atomic mass is 9.96. The number of nitrogens with zero attached hydrogens (tertiary/aromatic N) is 2. The first-order chi connectivity index (χ1) is 9.81. The Balaban J connectivity index is 2.16. The third-order valence-corrected chi connectivity index (χ3v) is 3.76. The lowest BCUT2D eigenvalue weighted by Gasteiger charge is -2.33. The molecule has 2 rings (SSSR count). The van der Waals surface area contributed by atoms with Gasteiger partial charge in [-0.05, 0) is 31.4 Å². The molecule has 0 radical (unpaired) electrons. The number of hydrogen-bond donors (Lipinski definition) is 1. The third kappa shape index (κ3) is 3.65. The normalized spacial score (nSPS) is 17.0. The second-order valence-corrected chi connectivity index (χ2v) is 5.17. The zero-order valence-electron chi connectivity index (χ0n) is 11.7. The van der Waals surface area contributed by atoms with E-state index in [1.54, 1.807) is 4.90 Å². The molecule has 7 heteroatoms. The smallest absolute Gasteiger partial charge is 0.391 e. The fraction of sp³-hybridized carbons (Fsp3) is 0.571. The maximum atomic E-state index is 12.6. The van der Waals surface area contributed by atoms with Crippen LogP contribution in [0.3, 0.4) is 0 Å². The molecule has 1 N–H and O–H groups in total. The van der Waals surface area contributed by atoms with Crippen molar-refractivity contribution >= 4 is 11.8 Å². The highest BCUT2D eigenvalue weighted by Gasteiger charge is 2.41. The van der Waals surface area contributed by atoms with Crippen LogP contribution < -0.4 is 4.90 Å². The molecule has 4 nitrogen and oxygen atoms in total. The van der Waals surface area contributed by atoms with Crippen LogP contribution in [0.2, 0.25) is 0 Å². The molecule has 0 atom stereocenters. The molecule has 0 amide bonds. The summed E-state index contributed by atoms with van der Waals surface area (Å²) in [5.41, 5.74) is 0.748. The zero-order valence-corrected chi connectivity index (χ0v) is 11.7. The van der Waals surface area contributed by atoms with E-state index in [9.17, 15) is 18.0 Å². The van der Waals surface area contributed by atoms with Crippen molar-refractivity contribution in [3.05, 3.63) is 23.4 Å². The Morgan fingerprint density at radius 1 is 1.38 bits per heavy atom. The number of pyridine rings is 1. The van der Waals surface area contributed by atoms with Gasteiger partial charge in [0.1, 0.15) is 5.82 Å². The number of aryl methyl sites for hydroxylation is 1. The number of piperidine rings is 1. The minimum absolute atomic E-state index is 0.0178. The Hall–Kier alpha value is -1.79. The highest BCUT2D eigenvalue weighted by molar-refractivity contribution is 5.88. The van der Waals surface area contributed by atoms with Crippen molar-refractivity contribution in [1.82, 2.24) is 4.98 Å². The molecule has 1 aliphatic heterocycles. The maximum Gasteiger partial charge on any atom is 0.391 e. The quantitative estimate of drug-likeness (QED) is 0.932. The molecule has 0 aromatic carbocycles. The number of aromatic carboxylic acids is 1. The Morgan fingerprint density at radius 3 is 2.48 bits per heavy atom. The minimum Gasteiger partial charge on any atom is -0.478 e. The van der Waals surface area contributed by atoms with Crippen LogP contribution in [0.1, 0.15) is 35.8 Å². The molecule has 2 heterocycles. The molecule has 1 fully saturated rings. The summed E-state index contributed by atoms with van der Waals surface area (Å²) in [5, 5.41) is 9.08. The van der Waals surface area contributed by atoms with Crippen molar-refractivity contribution in [1.29, 1.82) is 0 Å². The summed E-state index contributed by atoms with van der Waals surface area (Å²) >= 11 is 0. The molecule has 1 aliphatic rings. The third-order valence-electron chi connectivity index (χ3n) is 3.76. The summed E-state index contributed by atoms with van der Waals surface area (Å²) in [4.78, 5) is 17.1. The first-order valence-corrected chi connectivity index (χ1v) is 6.87. The minimum atomic E-state index is -4.16. The van der Waals surface area contributed by atoms with Gasteiger partial charge < -0.3 is 10.0 Å². The van der Waals surface area contributed by atoms with Crippen molar-refractivity contribution in [3.8, 4) is 0 Å². The second-order valence-electron chi connectivity index (χ2n) is 5.17. The highest BCUT2D eigenvalue weighted by Crippen LogP contribution is 2.35. The number of hydrogen-bond acceptors (Lipinski definition) is 3. The molecule has 1 aromatic rings. The fourth-order valence-corrected chi connectivity index (χ4v) is 2.47. The second kappa shape index (κ2) is 5.91. The molecule has 1 saturated heterocycles. The Labute approximate surface area is 120 Å². The maximum absolute atomic E-state index is 12.6. The van der Waals surface area contributed by atoms with Crippen molar-refractivity contribution in [2.24, 2.45) is 5.92 Å². The first-order valence-electron chi connectivity index (χ1n) is 6.87. The Morgan fingerprint density at radius 2 is 2.00 bits per heavy atom. The molecule has 0 bridgehead atoms. The standard InChI is InChI=1S/C14H17F3N2O2/c1-2-11-7-9(13(20)21)8-12(18-11)19-5-3-10(4-6-19)14(15,16)17/h7-8,10H,2-6H2,1H3,(H,20,21). The van der Waals surface area contributed by atoms with Crippen LogP contribution in [0, 0.1) is 5.92 Å². The van der Waals surface area contributed by atoms with E-state index >= 15 is 0 Å². The van der Waals surface area contributed by atoms with Crippen molar-refractivity contribution in [2.45, 2.75) is 32.4 Å². The summed E-state index contributed by atoms with van der Waals surface area (Å²) in [7, 11) is 0. The van der Waals surface area contributed by atoms with E-state index in [2.05, 4.69) is 4.98 Å². The number of aromatic nitrogens is 1. The lowest BCUT2D eigenvalue weighted by Crippen LogP contribution is -2.39. The van der Waals surface area contributed by atoms with Crippen LogP contribution in [-0.4, -0.2) is 35.3 Å². The molecular weight excluding hydrogens is 285 g/mol. The van der Waals surface area contributed by atoms with E-state index in [0.29, 0.717) is 17.9 Å². The van der Waals surface area contributed by atoms with E-state index in [1.165, 1.54) is 12.1 Å². The Bertz CT molecular complexity index is 523. The van der Waals surface area contributed by atoms with Gasteiger partial charge in [-0.3, -0.25) is 0 Å². The number of halogens is 3. The lowest BCUT2D eigenvalue weighted by molar-refractivity contribution is -0.179. The summed E-state index contributed by atoms with van der Waals surface area (Å²) in [5.74, 6) is -1.88. The van der Waals surface area contributed by atoms with E-state index in [-0.39, 0.29) is 31.5 Å². The van der Waals surface area contributed by atoms with E-state index < -0.39 is 18.1 Å². The van der Waals surface area contributed by atoms with Gasteiger partial charge in [-0.15, -0.1) is 0 Å². The largest absolute Gasteiger partial charge is 0.478 e. The number of carboxylic acids is 1. The summed E-state index contributed by atoms with van der Waals surface area (Å²) in [6.45, 7) is 2.33. The summed E-state index contributed by atoms with van der Waals surface area (Å²) in [6, 6.07) is 2.92. The van der Waals surface area contributed by atoms with Crippen molar-refractivity contribution in [2.75, 3.05) is 18.0 Å². The predicted molar refractivity (Wildman–Crippen MR) is 71.6 cm³/mol. The molecule has 0 aliphatic carbocycles. The van der Waals surface area contributed by atoms with Crippen LogP contribution in [-0.2, 0) is 6.42 Å². The number of alkyl halides is 3. The Kier molecular flexibility index (Phi) is 4.39. The average molecular weight is 302 g/mol. The number of carboxylic acid groups (broad SMARTS) is 1. The topological polar surface area (TPSA) is 53.4 Å². The highest BCUT2D eigenvalue weighted by atomic mass is 19.4. The molecule has 0 spiro atoms. The van der Waals surface area contributed by atoms with Gasteiger partial charge in [-0.25, -0.2) is 9.78 Å². The van der Waals surface area contributed by atoms with Gasteiger partial charge in [0.15, 0.2) is 0 Å². The van der Waals surface area contributed by atoms with Gasteiger partial charge in [0.25, 0.3) is 0 Å². The number of anilines is 1. The average Bonchev–Trinajstić information content (AvgIpc) is 2.46. The van der Waals surface area contributed by atoms with Crippen LogP contribution in [0.5, 0.6) is 0 Å². The van der Waals surface area contributed by atoms with Crippen molar-refractivity contribution in [3.63, 3.8) is 0 Å². The van der Waals surface area contributed by atoms with Crippen LogP contribution in [0.25, 0.3) is 0 Å². The van der Waals surface area contributed by atoms with Crippen LogP contribution in [0.15, 0.2) is 12.1 Å². The zero-order chi connectivity index (χ0) is 15.6. The summed E-state index contributed by atoms with van der Waals surface area (Å²) < 4.78 is 37.9. The van der Waals surface area contributed by atoms with Gasteiger partial charge in [0.05, 0.1) is 11.5 Å². The van der Waals surface area contributed by atoms with E-state index in [1.807, 2.05) is 6.92 Å².